The smallest absolute Gasteiger partial charge is 0.254 e. The van der Waals surface area contributed by atoms with Gasteiger partial charge in [-0.25, -0.2) is 0 Å². The second kappa shape index (κ2) is 4.53. The van der Waals surface area contributed by atoms with Crippen LogP contribution < -0.4 is 0 Å². The first-order valence-corrected chi connectivity index (χ1v) is 6.57. The van der Waals surface area contributed by atoms with Gasteiger partial charge in [-0.3, -0.25) is 9.89 Å². The van der Waals surface area contributed by atoms with Crippen molar-refractivity contribution < 1.29 is 4.79 Å². The third kappa shape index (κ3) is 2.03. The molecule has 1 amide bonds. The predicted molar refractivity (Wildman–Crippen MR) is 72.7 cm³/mol. The number of carbonyl (C=O) groups excluding carboxylic acids is 1. The Morgan fingerprint density at radius 1 is 1.26 bits per heavy atom. The van der Waals surface area contributed by atoms with Crippen molar-refractivity contribution in [3.8, 4) is 0 Å². The van der Waals surface area contributed by atoms with Gasteiger partial charge in [0.25, 0.3) is 5.91 Å². The maximum atomic E-state index is 12.4. The summed E-state index contributed by atoms with van der Waals surface area (Å²) in [7, 11) is 0. The lowest BCUT2D eigenvalue weighted by Crippen LogP contribution is -2.25. The third-order valence-corrected chi connectivity index (χ3v) is 3.54. The number of nitrogens with one attached hydrogen (secondary N) is 1. The first kappa shape index (κ1) is 12.0. The van der Waals surface area contributed by atoms with Gasteiger partial charge < -0.3 is 4.90 Å². The summed E-state index contributed by atoms with van der Waals surface area (Å²) in [4.78, 5) is 14.3. The van der Waals surface area contributed by atoms with Gasteiger partial charge in [-0.05, 0) is 18.1 Å². The maximum Gasteiger partial charge on any atom is 0.254 e. The quantitative estimate of drug-likeness (QED) is 0.897. The molecule has 98 valence electrons. The Balaban J connectivity index is 1.83. The lowest BCUT2D eigenvalue weighted by molar-refractivity contribution is 0.0749. The number of aromatic amines is 1. The minimum absolute atomic E-state index is 0.0832. The lowest BCUT2D eigenvalue weighted by atomic mass is 10.1. The van der Waals surface area contributed by atoms with E-state index in [9.17, 15) is 4.79 Å². The Morgan fingerprint density at radius 2 is 2.00 bits per heavy atom. The second-order valence-corrected chi connectivity index (χ2v) is 5.25. The molecule has 0 saturated carbocycles. The molecular weight excluding hydrogens is 238 g/mol. The topological polar surface area (TPSA) is 49.0 Å². The van der Waals surface area contributed by atoms with Gasteiger partial charge in [0.15, 0.2) is 0 Å². The number of hydrogen-bond acceptors (Lipinski definition) is 2. The second-order valence-electron chi connectivity index (χ2n) is 5.25. The van der Waals surface area contributed by atoms with Gasteiger partial charge in [0.2, 0.25) is 0 Å². The molecule has 1 aromatic carbocycles. The van der Waals surface area contributed by atoms with E-state index in [0.29, 0.717) is 19.0 Å². The van der Waals surface area contributed by atoms with Crippen molar-refractivity contribution in [2.75, 3.05) is 0 Å². The fourth-order valence-electron chi connectivity index (χ4n) is 2.55. The van der Waals surface area contributed by atoms with E-state index in [1.165, 1.54) is 5.56 Å². The van der Waals surface area contributed by atoms with E-state index in [-0.39, 0.29) is 5.91 Å². The highest BCUT2D eigenvalue weighted by atomic mass is 16.2. The first-order chi connectivity index (χ1) is 9.16. The molecule has 0 bridgehead atoms. The van der Waals surface area contributed by atoms with E-state index in [1.54, 1.807) is 0 Å². The van der Waals surface area contributed by atoms with Crippen molar-refractivity contribution in [3.05, 3.63) is 52.8 Å². The van der Waals surface area contributed by atoms with Gasteiger partial charge in [-0.1, -0.05) is 32.0 Å². The van der Waals surface area contributed by atoms with Crippen LogP contribution in [0, 0.1) is 0 Å². The highest BCUT2D eigenvalue weighted by Crippen LogP contribution is 2.28. The van der Waals surface area contributed by atoms with Crippen molar-refractivity contribution in [1.82, 2.24) is 15.1 Å². The molecule has 1 aromatic heterocycles. The van der Waals surface area contributed by atoms with E-state index in [0.717, 1.165) is 17.0 Å². The molecule has 0 atom stereocenters. The van der Waals surface area contributed by atoms with Gasteiger partial charge in [0.1, 0.15) is 0 Å². The zero-order valence-electron chi connectivity index (χ0n) is 11.2. The predicted octanol–water partition coefficient (Wildman–Crippen LogP) is 2.69. The number of carbonyl (C=O) groups is 1. The van der Waals surface area contributed by atoms with E-state index in [1.807, 2.05) is 35.2 Å². The Kier molecular flexibility index (Phi) is 2.85. The third-order valence-electron chi connectivity index (χ3n) is 3.54. The SMILES string of the molecule is CC(C)c1n[nH]c2c1CN(C(=O)c1ccccc1)C2. The van der Waals surface area contributed by atoms with Crippen molar-refractivity contribution >= 4 is 5.91 Å². The van der Waals surface area contributed by atoms with Crippen LogP contribution in [0.3, 0.4) is 0 Å². The van der Waals surface area contributed by atoms with Crippen molar-refractivity contribution in [3.63, 3.8) is 0 Å². The molecule has 1 N–H and O–H groups in total. The zero-order valence-corrected chi connectivity index (χ0v) is 11.2. The van der Waals surface area contributed by atoms with Crippen LogP contribution in [-0.4, -0.2) is 21.0 Å². The average molecular weight is 255 g/mol. The van der Waals surface area contributed by atoms with Crippen molar-refractivity contribution in [2.24, 2.45) is 0 Å². The van der Waals surface area contributed by atoms with Crippen LogP contribution in [0.2, 0.25) is 0 Å². The number of hydrogen-bond donors (Lipinski definition) is 1. The van der Waals surface area contributed by atoms with Crippen LogP contribution in [0.1, 0.15) is 47.1 Å². The molecule has 19 heavy (non-hydrogen) atoms. The van der Waals surface area contributed by atoms with E-state index in [4.69, 9.17) is 0 Å². The summed E-state index contributed by atoms with van der Waals surface area (Å²) in [5, 5.41) is 7.40. The number of nitrogens with zero attached hydrogens (tertiary/aromatic N) is 2. The normalized spacial score (nSPS) is 13.9. The van der Waals surface area contributed by atoms with Crippen LogP contribution in [0.15, 0.2) is 30.3 Å². The molecule has 0 radical (unpaired) electrons. The molecule has 1 aliphatic rings. The molecule has 4 nitrogen and oxygen atoms in total. The number of amides is 1. The van der Waals surface area contributed by atoms with Crippen molar-refractivity contribution in [1.29, 1.82) is 0 Å². The van der Waals surface area contributed by atoms with Crippen LogP contribution in [0.4, 0.5) is 0 Å². The molecule has 4 heteroatoms. The van der Waals surface area contributed by atoms with E-state index >= 15 is 0 Å². The monoisotopic (exact) mass is 255 g/mol. The molecular formula is C15H17N3O. The molecule has 2 heterocycles. The van der Waals surface area contributed by atoms with Gasteiger partial charge in [0.05, 0.1) is 24.5 Å². The summed E-state index contributed by atoms with van der Waals surface area (Å²) in [5.74, 6) is 0.465. The highest BCUT2D eigenvalue weighted by molar-refractivity contribution is 5.94. The lowest BCUT2D eigenvalue weighted by Gasteiger charge is -2.16. The fraction of sp³-hybridized carbons (Fsp3) is 0.333. The van der Waals surface area contributed by atoms with Crippen LogP contribution in [0.25, 0.3) is 0 Å². The highest BCUT2D eigenvalue weighted by Gasteiger charge is 2.29. The molecule has 0 fully saturated rings. The minimum Gasteiger partial charge on any atom is -0.328 e. The van der Waals surface area contributed by atoms with Crippen LogP contribution in [-0.2, 0) is 13.1 Å². The number of rotatable bonds is 2. The number of benzene rings is 1. The molecule has 0 unspecified atom stereocenters. The number of fused-ring (bicyclic) bond motifs is 1. The molecule has 2 aromatic rings. The average Bonchev–Trinajstić information content (AvgIpc) is 2.98. The van der Waals surface area contributed by atoms with Crippen molar-refractivity contribution in [2.45, 2.75) is 32.9 Å². The van der Waals surface area contributed by atoms with E-state index < -0.39 is 0 Å². The summed E-state index contributed by atoms with van der Waals surface area (Å²) < 4.78 is 0. The first-order valence-electron chi connectivity index (χ1n) is 6.57. The molecule has 0 spiro atoms. The van der Waals surface area contributed by atoms with Gasteiger partial charge in [-0.2, -0.15) is 5.10 Å². The van der Waals surface area contributed by atoms with Gasteiger partial charge >= 0.3 is 0 Å². The van der Waals surface area contributed by atoms with E-state index in [2.05, 4.69) is 24.0 Å². The summed E-state index contributed by atoms with van der Waals surface area (Å²) in [6.07, 6.45) is 0. The molecule has 0 aliphatic carbocycles. The van der Waals surface area contributed by atoms with Crippen LogP contribution >= 0.6 is 0 Å². The molecule has 3 rings (SSSR count). The fourth-order valence-corrected chi connectivity index (χ4v) is 2.55. The largest absolute Gasteiger partial charge is 0.328 e. The maximum absolute atomic E-state index is 12.4. The van der Waals surface area contributed by atoms with Gasteiger partial charge in [0, 0.05) is 11.1 Å². The Labute approximate surface area is 112 Å². The molecule has 1 aliphatic heterocycles. The summed E-state index contributed by atoms with van der Waals surface area (Å²) in [6, 6.07) is 9.42. The minimum atomic E-state index is 0.0832. The summed E-state index contributed by atoms with van der Waals surface area (Å²) in [6.45, 7) is 5.53. The standard InChI is InChI=1S/C15H17N3O/c1-10(2)14-12-8-18(9-13(12)16-17-14)15(19)11-6-4-3-5-7-11/h3-7,10H,8-9H2,1-2H3,(H,16,17). The number of aromatic nitrogens is 2. The Hall–Kier alpha value is -2.10. The number of H-pyrrole nitrogens is 1. The molecule has 0 saturated heterocycles. The Bertz CT molecular complexity index is 601. The zero-order chi connectivity index (χ0) is 13.4. The summed E-state index contributed by atoms with van der Waals surface area (Å²) in [5.41, 5.74) is 4.09. The van der Waals surface area contributed by atoms with Crippen LogP contribution in [0.5, 0.6) is 0 Å². The summed E-state index contributed by atoms with van der Waals surface area (Å²) >= 11 is 0. The Morgan fingerprint density at radius 3 is 2.68 bits per heavy atom. The van der Waals surface area contributed by atoms with Gasteiger partial charge in [-0.15, -0.1) is 0 Å².